The van der Waals surface area contributed by atoms with Gasteiger partial charge in [0.2, 0.25) is 0 Å². The van der Waals surface area contributed by atoms with Crippen molar-refractivity contribution in [2.45, 2.75) is 6.92 Å². The van der Waals surface area contributed by atoms with E-state index in [9.17, 15) is 4.79 Å². The van der Waals surface area contributed by atoms with E-state index in [0.29, 0.717) is 23.5 Å². The zero-order valence-electron chi connectivity index (χ0n) is 10.6. The molecule has 0 unspecified atom stereocenters. The van der Waals surface area contributed by atoms with Gasteiger partial charge in [0, 0.05) is 18.0 Å². The molecule has 5 heteroatoms. The summed E-state index contributed by atoms with van der Waals surface area (Å²) in [5, 5.41) is 0. The minimum atomic E-state index is -0.389. The number of hydrogen-bond donors (Lipinski definition) is 2. The second kappa shape index (κ2) is 5.39. The number of rotatable bonds is 3. The Kier molecular flexibility index (Phi) is 3.66. The van der Waals surface area contributed by atoms with Crippen LogP contribution in [0.15, 0.2) is 36.7 Å². The second-order valence-electron chi connectivity index (χ2n) is 4.03. The maximum absolute atomic E-state index is 11.6. The number of carbonyl (C=O) groups excluding carboxylic acids is 1. The highest BCUT2D eigenvalue weighted by Crippen LogP contribution is 2.25. The fourth-order valence-corrected chi connectivity index (χ4v) is 1.68. The summed E-state index contributed by atoms with van der Waals surface area (Å²) in [7, 11) is 0. The van der Waals surface area contributed by atoms with Gasteiger partial charge in [0.15, 0.2) is 0 Å². The molecule has 0 aliphatic carbocycles. The first-order chi connectivity index (χ1) is 9.11. The van der Waals surface area contributed by atoms with E-state index in [1.807, 2.05) is 6.07 Å². The molecule has 1 aromatic carbocycles. The molecular weight excluding hydrogens is 242 g/mol. The number of pyridine rings is 1. The highest BCUT2D eigenvalue weighted by atomic mass is 16.5. The zero-order chi connectivity index (χ0) is 13.8. The standard InChI is InChI=1S/C14H15N3O2/c1-2-19-14(18)11-5-10(7-17-8-11)9-3-4-12(15)13(16)6-9/h3-8H,2,15-16H2,1H3. The SMILES string of the molecule is CCOC(=O)c1cncc(-c2ccc(N)c(N)c2)c1. The molecule has 0 saturated carbocycles. The minimum Gasteiger partial charge on any atom is -0.462 e. The Morgan fingerprint density at radius 2 is 1.95 bits per heavy atom. The molecule has 0 fully saturated rings. The molecule has 2 aromatic rings. The maximum atomic E-state index is 11.6. The van der Waals surface area contributed by atoms with Crippen LogP contribution in [0.1, 0.15) is 17.3 Å². The van der Waals surface area contributed by atoms with Crippen LogP contribution in [0, 0.1) is 0 Å². The van der Waals surface area contributed by atoms with Crippen LogP contribution in [0.4, 0.5) is 11.4 Å². The average Bonchev–Trinajstić information content (AvgIpc) is 2.42. The number of hydrogen-bond acceptors (Lipinski definition) is 5. The minimum absolute atomic E-state index is 0.331. The lowest BCUT2D eigenvalue weighted by Gasteiger charge is -2.07. The zero-order valence-corrected chi connectivity index (χ0v) is 10.6. The summed E-state index contributed by atoms with van der Waals surface area (Å²) in [6.45, 7) is 2.09. The molecule has 1 heterocycles. The van der Waals surface area contributed by atoms with Gasteiger partial charge in [0.1, 0.15) is 0 Å². The van der Waals surface area contributed by atoms with Crippen LogP contribution in [-0.2, 0) is 4.74 Å². The van der Waals surface area contributed by atoms with E-state index in [1.165, 1.54) is 6.20 Å². The van der Waals surface area contributed by atoms with Crippen LogP contribution in [0.3, 0.4) is 0 Å². The van der Waals surface area contributed by atoms with Gasteiger partial charge in [-0.25, -0.2) is 4.79 Å². The average molecular weight is 257 g/mol. The number of ether oxygens (including phenoxy) is 1. The maximum Gasteiger partial charge on any atom is 0.339 e. The number of nitrogens with zero attached hydrogens (tertiary/aromatic N) is 1. The summed E-state index contributed by atoms with van der Waals surface area (Å²) in [5.41, 5.74) is 14.5. The van der Waals surface area contributed by atoms with Gasteiger partial charge in [-0.15, -0.1) is 0 Å². The third-order valence-corrected chi connectivity index (χ3v) is 2.67. The smallest absolute Gasteiger partial charge is 0.339 e. The molecule has 0 bridgehead atoms. The molecule has 0 radical (unpaired) electrons. The number of aromatic nitrogens is 1. The van der Waals surface area contributed by atoms with Crippen molar-refractivity contribution in [2.24, 2.45) is 0 Å². The van der Waals surface area contributed by atoms with Gasteiger partial charge in [0.05, 0.1) is 23.5 Å². The summed E-state index contributed by atoms with van der Waals surface area (Å²) < 4.78 is 4.94. The van der Waals surface area contributed by atoms with E-state index < -0.39 is 0 Å². The Labute approximate surface area is 111 Å². The molecule has 5 nitrogen and oxygen atoms in total. The number of benzene rings is 1. The molecule has 0 amide bonds. The van der Waals surface area contributed by atoms with Gasteiger partial charge < -0.3 is 16.2 Å². The Morgan fingerprint density at radius 1 is 1.16 bits per heavy atom. The lowest BCUT2D eigenvalue weighted by Crippen LogP contribution is -2.05. The third-order valence-electron chi connectivity index (χ3n) is 2.67. The molecule has 0 saturated heterocycles. The predicted octanol–water partition coefficient (Wildman–Crippen LogP) is 2.09. The van der Waals surface area contributed by atoms with Crippen LogP contribution in [0.25, 0.3) is 11.1 Å². The highest BCUT2D eigenvalue weighted by Gasteiger charge is 2.09. The van der Waals surface area contributed by atoms with E-state index in [1.54, 1.807) is 31.3 Å². The number of carbonyl (C=O) groups is 1. The van der Waals surface area contributed by atoms with E-state index in [4.69, 9.17) is 16.2 Å². The molecule has 4 N–H and O–H groups in total. The van der Waals surface area contributed by atoms with Crippen molar-refractivity contribution >= 4 is 17.3 Å². The molecule has 0 atom stereocenters. The van der Waals surface area contributed by atoms with Crippen molar-refractivity contribution in [2.75, 3.05) is 18.1 Å². The monoisotopic (exact) mass is 257 g/mol. The van der Waals surface area contributed by atoms with Gasteiger partial charge >= 0.3 is 5.97 Å². The van der Waals surface area contributed by atoms with Crippen LogP contribution in [0.5, 0.6) is 0 Å². The van der Waals surface area contributed by atoms with E-state index >= 15 is 0 Å². The summed E-state index contributed by atoms with van der Waals surface area (Å²) in [6, 6.07) is 7.02. The van der Waals surface area contributed by atoms with Crippen molar-refractivity contribution in [1.29, 1.82) is 0 Å². The van der Waals surface area contributed by atoms with Crippen LogP contribution < -0.4 is 11.5 Å². The number of anilines is 2. The first-order valence-corrected chi connectivity index (χ1v) is 5.89. The first-order valence-electron chi connectivity index (χ1n) is 5.89. The van der Waals surface area contributed by atoms with Crippen LogP contribution in [0.2, 0.25) is 0 Å². The highest BCUT2D eigenvalue weighted by molar-refractivity contribution is 5.90. The van der Waals surface area contributed by atoms with Crippen molar-refractivity contribution in [3.05, 3.63) is 42.2 Å². The van der Waals surface area contributed by atoms with Gasteiger partial charge in [-0.3, -0.25) is 4.98 Å². The van der Waals surface area contributed by atoms with Crippen molar-refractivity contribution in [3.8, 4) is 11.1 Å². The van der Waals surface area contributed by atoms with Crippen molar-refractivity contribution in [1.82, 2.24) is 4.98 Å². The number of nitrogens with two attached hydrogens (primary N) is 2. The fraction of sp³-hybridized carbons (Fsp3) is 0.143. The largest absolute Gasteiger partial charge is 0.462 e. The van der Waals surface area contributed by atoms with E-state index in [0.717, 1.165) is 11.1 Å². The van der Waals surface area contributed by atoms with Gasteiger partial charge in [-0.1, -0.05) is 6.07 Å². The fourth-order valence-electron chi connectivity index (χ4n) is 1.68. The van der Waals surface area contributed by atoms with E-state index in [2.05, 4.69) is 4.98 Å². The van der Waals surface area contributed by atoms with Crippen LogP contribution >= 0.6 is 0 Å². The molecule has 2 rings (SSSR count). The number of nitrogen functional groups attached to an aromatic ring is 2. The van der Waals surface area contributed by atoms with Gasteiger partial charge in [0.25, 0.3) is 0 Å². The molecule has 0 spiro atoms. The van der Waals surface area contributed by atoms with Gasteiger partial charge in [-0.2, -0.15) is 0 Å². The molecule has 19 heavy (non-hydrogen) atoms. The Morgan fingerprint density at radius 3 is 2.63 bits per heavy atom. The van der Waals surface area contributed by atoms with Crippen molar-refractivity contribution in [3.63, 3.8) is 0 Å². The lowest BCUT2D eigenvalue weighted by atomic mass is 10.0. The Balaban J connectivity index is 2.37. The van der Waals surface area contributed by atoms with E-state index in [-0.39, 0.29) is 5.97 Å². The molecule has 0 aliphatic heterocycles. The normalized spacial score (nSPS) is 10.2. The molecular formula is C14H15N3O2. The quantitative estimate of drug-likeness (QED) is 0.649. The predicted molar refractivity (Wildman–Crippen MR) is 74.5 cm³/mol. The summed E-state index contributed by atoms with van der Waals surface area (Å²) in [4.78, 5) is 15.7. The van der Waals surface area contributed by atoms with Crippen molar-refractivity contribution < 1.29 is 9.53 Å². The first kappa shape index (κ1) is 12.9. The Bertz CT molecular complexity index is 611. The van der Waals surface area contributed by atoms with Gasteiger partial charge in [-0.05, 0) is 30.7 Å². The molecule has 98 valence electrons. The third kappa shape index (κ3) is 2.82. The summed E-state index contributed by atoms with van der Waals surface area (Å²) in [6.07, 6.45) is 3.13. The lowest BCUT2D eigenvalue weighted by molar-refractivity contribution is 0.0526. The number of esters is 1. The molecule has 0 aliphatic rings. The summed E-state index contributed by atoms with van der Waals surface area (Å²) in [5.74, 6) is -0.389. The summed E-state index contributed by atoms with van der Waals surface area (Å²) >= 11 is 0. The molecule has 1 aromatic heterocycles. The second-order valence-corrected chi connectivity index (χ2v) is 4.03. The topological polar surface area (TPSA) is 91.2 Å². The van der Waals surface area contributed by atoms with Crippen LogP contribution in [-0.4, -0.2) is 17.6 Å². The Hall–Kier alpha value is -2.56.